The van der Waals surface area contributed by atoms with E-state index < -0.39 is 5.97 Å². The van der Waals surface area contributed by atoms with Gasteiger partial charge in [0.15, 0.2) is 6.54 Å². The van der Waals surface area contributed by atoms with Crippen LogP contribution in [0.3, 0.4) is 0 Å². The summed E-state index contributed by atoms with van der Waals surface area (Å²) in [5.74, 6) is -0.681. The zero-order valence-corrected chi connectivity index (χ0v) is 9.46. The highest BCUT2D eigenvalue weighted by Gasteiger charge is 2.10. The number of ether oxygens (including phenoxy) is 2. The van der Waals surface area contributed by atoms with Crippen LogP contribution in [0.1, 0.15) is 6.92 Å². The van der Waals surface area contributed by atoms with Gasteiger partial charge in [0.05, 0.1) is 14.2 Å². The van der Waals surface area contributed by atoms with Crippen LogP contribution in [-0.4, -0.2) is 45.8 Å². The molecule has 0 aliphatic carbocycles. The lowest BCUT2D eigenvalue weighted by molar-refractivity contribution is -0.872. The molecule has 0 fully saturated rings. The third-order valence-corrected chi connectivity index (χ3v) is 1.78. The first kappa shape index (κ1) is 13.6. The number of carbonyl (C=O) groups is 2. The molecule has 5 heteroatoms. The maximum absolute atomic E-state index is 11.0. The Balaban J connectivity index is 3.63. The number of quaternary nitrogens is 1. The Morgan fingerprint density at radius 1 is 1.40 bits per heavy atom. The Morgan fingerprint density at radius 3 is 2.47 bits per heavy atom. The zero-order valence-electron chi connectivity index (χ0n) is 9.46. The predicted octanol–water partition coefficient (Wildman–Crippen LogP) is -1.21. The lowest BCUT2D eigenvalue weighted by Crippen LogP contribution is -3.10. The van der Waals surface area contributed by atoms with Crippen LogP contribution in [0.15, 0.2) is 12.2 Å². The molecule has 1 N–H and O–H groups in total. The molecule has 0 saturated heterocycles. The van der Waals surface area contributed by atoms with E-state index >= 15 is 0 Å². The SMILES string of the molecule is C=C(C)C(=O)OCC[NH+](C)CC(=O)OC. The van der Waals surface area contributed by atoms with Gasteiger partial charge in [0.25, 0.3) is 0 Å². The fraction of sp³-hybridized carbons (Fsp3) is 0.600. The molecule has 0 aromatic carbocycles. The van der Waals surface area contributed by atoms with Crippen molar-refractivity contribution in [1.29, 1.82) is 0 Å². The van der Waals surface area contributed by atoms with Gasteiger partial charge in [-0.3, -0.25) is 0 Å². The van der Waals surface area contributed by atoms with Gasteiger partial charge in [-0.2, -0.15) is 0 Å². The van der Waals surface area contributed by atoms with Crippen LogP contribution in [-0.2, 0) is 19.1 Å². The van der Waals surface area contributed by atoms with Crippen LogP contribution < -0.4 is 4.90 Å². The van der Waals surface area contributed by atoms with E-state index in [1.807, 2.05) is 7.05 Å². The molecular formula is C10H18NO4+. The van der Waals surface area contributed by atoms with Gasteiger partial charge in [0.1, 0.15) is 13.2 Å². The number of esters is 2. The molecule has 0 aromatic heterocycles. The number of nitrogens with one attached hydrogen (secondary N) is 1. The van der Waals surface area contributed by atoms with Gasteiger partial charge in [-0.1, -0.05) is 6.58 Å². The Kier molecular flexibility index (Phi) is 6.37. The van der Waals surface area contributed by atoms with Gasteiger partial charge in [-0.15, -0.1) is 0 Å². The van der Waals surface area contributed by atoms with Crippen LogP contribution in [0.5, 0.6) is 0 Å². The Morgan fingerprint density at radius 2 is 2.00 bits per heavy atom. The first-order chi connectivity index (χ1) is 6.97. The minimum absolute atomic E-state index is 0.265. The third-order valence-electron chi connectivity index (χ3n) is 1.78. The molecule has 0 amide bonds. The van der Waals surface area contributed by atoms with E-state index in [0.717, 1.165) is 4.90 Å². The summed E-state index contributed by atoms with van der Waals surface area (Å²) in [5.41, 5.74) is 0.376. The molecule has 0 radical (unpaired) electrons. The highest BCUT2D eigenvalue weighted by molar-refractivity contribution is 5.86. The maximum Gasteiger partial charge on any atom is 0.361 e. The van der Waals surface area contributed by atoms with Crippen molar-refractivity contribution in [2.24, 2.45) is 0 Å². The number of likely N-dealkylation sites (N-methyl/N-ethyl adjacent to an activating group) is 1. The molecule has 1 atom stereocenters. The minimum atomic E-state index is -0.402. The summed E-state index contributed by atoms with van der Waals surface area (Å²) in [5, 5.41) is 0. The Labute approximate surface area is 89.6 Å². The van der Waals surface area contributed by atoms with Crippen molar-refractivity contribution in [2.75, 3.05) is 33.9 Å². The van der Waals surface area contributed by atoms with E-state index in [4.69, 9.17) is 4.74 Å². The summed E-state index contributed by atoms with van der Waals surface area (Å²) < 4.78 is 9.38. The van der Waals surface area contributed by atoms with Crippen molar-refractivity contribution in [3.05, 3.63) is 12.2 Å². The molecule has 15 heavy (non-hydrogen) atoms. The summed E-state index contributed by atoms with van der Waals surface area (Å²) in [6, 6.07) is 0. The van der Waals surface area contributed by atoms with Crippen molar-refractivity contribution < 1.29 is 24.0 Å². The number of carbonyl (C=O) groups excluding carboxylic acids is 2. The molecule has 0 saturated carbocycles. The first-order valence-corrected chi connectivity index (χ1v) is 4.68. The normalized spacial score (nSPS) is 11.7. The van der Waals surface area contributed by atoms with Gasteiger partial charge < -0.3 is 14.4 Å². The summed E-state index contributed by atoms with van der Waals surface area (Å²) in [6.07, 6.45) is 0. The smallest absolute Gasteiger partial charge is 0.361 e. The predicted molar refractivity (Wildman–Crippen MR) is 54.4 cm³/mol. The van der Waals surface area contributed by atoms with Crippen LogP contribution >= 0.6 is 0 Å². The fourth-order valence-corrected chi connectivity index (χ4v) is 0.848. The van der Waals surface area contributed by atoms with Gasteiger partial charge in [-0.05, 0) is 6.92 Å². The highest BCUT2D eigenvalue weighted by atomic mass is 16.5. The average molecular weight is 216 g/mol. The second-order valence-electron chi connectivity index (χ2n) is 3.38. The maximum atomic E-state index is 11.0. The van der Waals surface area contributed by atoms with E-state index in [9.17, 15) is 9.59 Å². The molecule has 1 unspecified atom stereocenters. The number of methoxy groups -OCH3 is 1. The van der Waals surface area contributed by atoms with Crippen molar-refractivity contribution >= 4 is 11.9 Å². The number of hydrogen-bond donors (Lipinski definition) is 1. The molecule has 5 nitrogen and oxygen atoms in total. The van der Waals surface area contributed by atoms with Crippen LogP contribution in [0, 0.1) is 0 Å². The molecule has 0 rings (SSSR count). The quantitative estimate of drug-likeness (QED) is 0.447. The Bertz CT molecular complexity index is 250. The van der Waals surface area contributed by atoms with Gasteiger partial charge >= 0.3 is 11.9 Å². The van der Waals surface area contributed by atoms with Crippen LogP contribution in [0.4, 0.5) is 0 Å². The third kappa shape index (κ3) is 6.68. The van der Waals surface area contributed by atoms with Gasteiger partial charge in [0.2, 0.25) is 0 Å². The van der Waals surface area contributed by atoms with Crippen molar-refractivity contribution in [2.45, 2.75) is 6.92 Å². The Hall–Kier alpha value is -1.36. The molecule has 0 spiro atoms. The van der Waals surface area contributed by atoms with E-state index in [-0.39, 0.29) is 19.1 Å². The van der Waals surface area contributed by atoms with Crippen molar-refractivity contribution in [3.8, 4) is 0 Å². The molecular weight excluding hydrogens is 198 g/mol. The van der Waals surface area contributed by atoms with Crippen LogP contribution in [0.25, 0.3) is 0 Å². The van der Waals surface area contributed by atoms with Gasteiger partial charge in [-0.25, -0.2) is 9.59 Å². The number of rotatable bonds is 6. The second-order valence-corrected chi connectivity index (χ2v) is 3.38. The van der Waals surface area contributed by atoms with E-state index in [0.29, 0.717) is 12.1 Å². The summed E-state index contributed by atoms with van der Waals surface area (Å²) in [4.78, 5) is 22.8. The van der Waals surface area contributed by atoms with Crippen molar-refractivity contribution in [1.82, 2.24) is 0 Å². The number of hydrogen-bond acceptors (Lipinski definition) is 4. The van der Waals surface area contributed by atoms with E-state index in [2.05, 4.69) is 11.3 Å². The molecule has 0 bridgehead atoms. The summed E-state index contributed by atoms with van der Waals surface area (Å²) in [6.45, 7) is 6.15. The largest absolute Gasteiger partial charge is 0.465 e. The summed E-state index contributed by atoms with van der Waals surface area (Å²) >= 11 is 0. The molecule has 0 heterocycles. The molecule has 86 valence electrons. The van der Waals surface area contributed by atoms with Crippen molar-refractivity contribution in [3.63, 3.8) is 0 Å². The van der Waals surface area contributed by atoms with E-state index in [1.54, 1.807) is 6.92 Å². The second kappa shape index (κ2) is 7.00. The summed E-state index contributed by atoms with van der Waals surface area (Å²) in [7, 11) is 3.17. The molecule has 0 aliphatic heterocycles. The van der Waals surface area contributed by atoms with Gasteiger partial charge in [0, 0.05) is 5.57 Å². The monoisotopic (exact) mass is 216 g/mol. The zero-order chi connectivity index (χ0) is 11.8. The topological polar surface area (TPSA) is 57.0 Å². The average Bonchev–Trinajstić information content (AvgIpc) is 2.17. The lowest BCUT2D eigenvalue weighted by Gasteiger charge is -2.12. The van der Waals surface area contributed by atoms with E-state index in [1.165, 1.54) is 7.11 Å². The molecule has 0 aliphatic rings. The van der Waals surface area contributed by atoms with Crippen LogP contribution in [0.2, 0.25) is 0 Å². The standard InChI is InChI=1S/C10H17NO4/c1-8(2)10(13)15-6-5-11(3)7-9(12)14-4/h1,5-7H2,2-4H3/p+1. The molecule has 0 aromatic rings. The lowest BCUT2D eigenvalue weighted by atomic mass is 10.4. The minimum Gasteiger partial charge on any atom is -0.465 e. The highest BCUT2D eigenvalue weighted by Crippen LogP contribution is 1.89. The fourth-order valence-electron chi connectivity index (χ4n) is 0.848. The first-order valence-electron chi connectivity index (χ1n) is 4.68.